The minimum Gasteiger partial charge on any atom is -0.469 e. The monoisotopic (exact) mass is 280 g/mol. The average Bonchev–Trinajstić information content (AvgIpc) is 2.43. The van der Waals surface area contributed by atoms with E-state index >= 15 is 0 Å². The van der Waals surface area contributed by atoms with Crippen LogP contribution in [0.15, 0.2) is 18.2 Å². The quantitative estimate of drug-likeness (QED) is 0.342. The second kappa shape index (κ2) is 8.14. The molecule has 6 heteroatoms. The van der Waals surface area contributed by atoms with E-state index in [0.29, 0.717) is 18.7 Å². The van der Waals surface area contributed by atoms with Gasteiger partial charge in [0.15, 0.2) is 0 Å². The molecule has 1 aromatic carbocycles. The summed E-state index contributed by atoms with van der Waals surface area (Å²) in [5.41, 5.74) is 1.53. The molecular formula is C14H20N2O4. The van der Waals surface area contributed by atoms with Gasteiger partial charge in [-0.15, -0.1) is 0 Å². The Hall–Kier alpha value is -2.11. The number of rotatable bonds is 8. The van der Waals surface area contributed by atoms with Crippen molar-refractivity contribution < 1.29 is 14.5 Å². The van der Waals surface area contributed by atoms with Crippen LogP contribution in [0, 0.1) is 17.0 Å². The molecule has 0 aliphatic carbocycles. The molecule has 1 aromatic rings. The van der Waals surface area contributed by atoms with E-state index in [1.54, 1.807) is 6.07 Å². The molecule has 1 N–H and O–H groups in total. The molecular weight excluding hydrogens is 260 g/mol. The fourth-order valence-corrected chi connectivity index (χ4v) is 1.92. The number of aryl methyl sites for hydroxylation is 1. The predicted molar refractivity (Wildman–Crippen MR) is 76.8 cm³/mol. The summed E-state index contributed by atoms with van der Waals surface area (Å²) in [6.07, 6.45) is 2.91. The van der Waals surface area contributed by atoms with E-state index in [-0.39, 0.29) is 16.6 Å². The lowest BCUT2D eigenvalue weighted by Crippen LogP contribution is -2.06. The highest BCUT2D eigenvalue weighted by Crippen LogP contribution is 2.27. The zero-order chi connectivity index (χ0) is 15.0. The van der Waals surface area contributed by atoms with Gasteiger partial charge in [-0.2, -0.15) is 0 Å². The lowest BCUT2D eigenvalue weighted by molar-refractivity contribution is -0.384. The van der Waals surface area contributed by atoms with Crippen LogP contribution in [0.5, 0.6) is 0 Å². The Kier molecular flexibility index (Phi) is 6.49. The van der Waals surface area contributed by atoms with Gasteiger partial charge in [-0.1, -0.05) is 18.6 Å². The molecule has 0 aliphatic heterocycles. The average molecular weight is 280 g/mol. The van der Waals surface area contributed by atoms with Crippen molar-refractivity contribution in [3.63, 3.8) is 0 Å². The molecule has 0 aromatic heterocycles. The molecule has 20 heavy (non-hydrogen) atoms. The second-order valence-corrected chi connectivity index (χ2v) is 4.54. The molecule has 0 unspecified atom stereocenters. The molecule has 0 saturated heterocycles. The van der Waals surface area contributed by atoms with Gasteiger partial charge in [-0.25, -0.2) is 0 Å². The number of benzene rings is 1. The van der Waals surface area contributed by atoms with Gasteiger partial charge in [0.05, 0.1) is 12.0 Å². The van der Waals surface area contributed by atoms with E-state index in [4.69, 9.17) is 0 Å². The second-order valence-electron chi connectivity index (χ2n) is 4.54. The van der Waals surface area contributed by atoms with E-state index in [1.165, 1.54) is 13.2 Å². The number of nitro groups is 1. The first-order chi connectivity index (χ1) is 9.56. The lowest BCUT2D eigenvalue weighted by atomic mass is 10.1. The molecule has 0 radical (unpaired) electrons. The van der Waals surface area contributed by atoms with Crippen molar-refractivity contribution in [1.29, 1.82) is 0 Å². The highest BCUT2D eigenvalue weighted by atomic mass is 16.6. The predicted octanol–water partition coefficient (Wildman–Crippen LogP) is 3.05. The van der Waals surface area contributed by atoms with E-state index in [0.717, 1.165) is 24.8 Å². The van der Waals surface area contributed by atoms with E-state index in [2.05, 4.69) is 10.1 Å². The maximum Gasteiger partial charge on any atom is 0.305 e. The number of hydrogen-bond acceptors (Lipinski definition) is 5. The highest BCUT2D eigenvalue weighted by molar-refractivity contribution is 5.69. The number of nitro benzene ring substituents is 1. The topological polar surface area (TPSA) is 81.5 Å². The van der Waals surface area contributed by atoms with Crippen LogP contribution in [0.1, 0.15) is 31.2 Å². The number of ether oxygens (including phenoxy) is 1. The SMILES string of the molecule is COC(=O)CCCCCNc1c(C)cccc1[N+](=O)[O-]. The Morgan fingerprint density at radius 1 is 1.35 bits per heavy atom. The summed E-state index contributed by atoms with van der Waals surface area (Å²) < 4.78 is 4.55. The number of hydrogen-bond donors (Lipinski definition) is 1. The van der Waals surface area contributed by atoms with Crippen molar-refractivity contribution in [2.75, 3.05) is 19.0 Å². The first kappa shape index (κ1) is 15.9. The van der Waals surface area contributed by atoms with Crippen LogP contribution < -0.4 is 5.32 Å². The van der Waals surface area contributed by atoms with Crippen molar-refractivity contribution in [1.82, 2.24) is 0 Å². The molecule has 0 fully saturated rings. The van der Waals surface area contributed by atoms with Crippen LogP contribution in [-0.4, -0.2) is 24.5 Å². The van der Waals surface area contributed by atoms with Gasteiger partial charge in [0, 0.05) is 19.0 Å². The maximum absolute atomic E-state index is 10.9. The minimum atomic E-state index is -0.382. The van der Waals surface area contributed by atoms with Crippen molar-refractivity contribution >= 4 is 17.3 Å². The molecule has 0 bridgehead atoms. The Labute approximate surface area is 118 Å². The number of para-hydroxylation sites is 1. The van der Waals surface area contributed by atoms with Gasteiger partial charge in [0.2, 0.25) is 0 Å². The molecule has 6 nitrogen and oxygen atoms in total. The zero-order valence-corrected chi connectivity index (χ0v) is 11.8. The summed E-state index contributed by atoms with van der Waals surface area (Å²) in [6.45, 7) is 2.49. The van der Waals surface area contributed by atoms with Crippen LogP contribution >= 0.6 is 0 Å². The number of nitrogens with zero attached hydrogens (tertiary/aromatic N) is 1. The van der Waals surface area contributed by atoms with Crippen LogP contribution in [0.4, 0.5) is 11.4 Å². The Bertz CT molecular complexity index is 474. The largest absolute Gasteiger partial charge is 0.469 e. The standard InChI is InChI=1S/C14H20N2O4/c1-11-7-6-8-12(16(18)19)14(11)15-10-5-3-4-9-13(17)20-2/h6-8,15H,3-5,9-10H2,1-2H3. The number of methoxy groups -OCH3 is 1. The lowest BCUT2D eigenvalue weighted by Gasteiger charge is -2.09. The van der Waals surface area contributed by atoms with E-state index in [9.17, 15) is 14.9 Å². The molecule has 0 saturated carbocycles. The molecule has 110 valence electrons. The third-order valence-electron chi connectivity index (χ3n) is 3.03. The minimum absolute atomic E-state index is 0.0968. The number of carbonyl (C=O) groups is 1. The molecule has 0 spiro atoms. The van der Waals surface area contributed by atoms with Gasteiger partial charge in [0.25, 0.3) is 5.69 Å². The summed E-state index contributed by atoms with van der Waals surface area (Å²) in [7, 11) is 1.38. The van der Waals surface area contributed by atoms with Crippen LogP contribution in [0.25, 0.3) is 0 Å². The third kappa shape index (κ3) is 4.87. The molecule has 1 rings (SSSR count). The molecule has 0 atom stereocenters. The highest BCUT2D eigenvalue weighted by Gasteiger charge is 2.14. The molecule has 0 heterocycles. The zero-order valence-electron chi connectivity index (χ0n) is 11.8. The summed E-state index contributed by atoms with van der Waals surface area (Å²) >= 11 is 0. The number of anilines is 1. The van der Waals surface area contributed by atoms with Gasteiger partial charge in [0.1, 0.15) is 5.69 Å². The summed E-state index contributed by atoms with van der Waals surface area (Å²) in [4.78, 5) is 21.5. The van der Waals surface area contributed by atoms with Crippen LogP contribution in [-0.2, 0) is 9.53 Å². The molecule has 0 amide bonds. The Morgan fingerprint density at radius 2 is 2.10 bits per heavy atom. The van der Waals surface area contributed by atoms with E-state index < -0.39 is 0 Å². The number of nitrogens with one attached hydrogen (secondary N) is 1. The van der Waals surface area contributed by atoms with Gasteiger partial charge in [-0.3, -0.25) is 14.9 Å². The van der Waals surface area contributed by atoms with Gasteiger partial charge in [-0.05, 0) is 25.3 Å². The Balaban J connectivity index is 2.39. The summed E-state index contributed by atoms with van der Waals surface area (Å²) in [6, 6.07) is 5.01. The fraction of sp³-hybridized carbons (Fsp3) is 0.500. The van der Waals surface area contributed by atoms with Crippen molar-refractivity contribution in [3.8, 4) is 0 Å². The smallest absolute Gasteiger partial charge is 0.305 e. The third-order valence-corrected chi connectivity index (χ3v) is 3.03. The van der Waals surface area contributed by atoms with Gasteiger partial charge >= 0.3 is 5.97 Å². The number of esters is 1. The normalized spacial score (nSPS) is 10.1. The van der Waals surface area contributed by atoms with Gasteiger partial charge < -0.3 is 10.1 Å². The molecule has 0 aliphatic rings. The van der Waals surface area contributed by atoms with Crippen LogP contribution in [0.2, 0.25) is 0 Å². The van der Waals surface area contributed by atoms with E-state index in [1.807, 2.05) is 13.0 Å². The summed E-state index contributed by atoms with van der Waals surface area (Å²) in [5.74, 6) is -0.201. The van der Waals surface area contributed by atoms with Crippen LogP contribution in [0.3, 0.4) is 0 Å². The van der Waals surface area contributed by atoms with Crippen molar-refractivity contribution in [2.24, 2.45) is 0 Å². The van der Waals surface area contributed by atoms with Crippen molar-refractivity contribution in [3.05, 3.63) is 33.9 Å². The van der Waals surface area contributed by atoms with Crippen molar-refractivity contribution in [2.45, 2.75) is 32.6 Å². The summed E-state index contributed by atoms with van der Waals surface area (Å²) in [5, 5.41) is 14.0. The first-order valence-corrected chi connectivity index (χ1v) is 6.61. The maximum atomic E-state index is 10.9. The fourth-order valence-electron chi connectivity index (χ4n) is 1.92. The number of unbranched alkanes of at least 4 members (excludes halogenated alkanes) is 2. The number of carbonyl (C=O) groups excluding carboxylic acids is 1. The first-order valence-electron chi connectivity index (χ1n) is 6.61. The Morgan fingerprint density at radius 3 is 2.75 bits per heavy atom.